The monoisotopic (exact) mass is 590 g/mol. The number of para-hydroxylation sites is 5. The van der Waals surface area contributed by atoms with Gasteiger partial charge in [0.05, 0.1) is 28.2 Å². The van der Waals surface area contributed by atoms with E-state index in [4.69, 9.17) is 0 Å². The molecular weight excluding hydrogens is 563 g/mol. The first kappa shape index (κ1) is 25.4. The Morgan fingerprint density at radius 1 is 0.348 bits per heavy atom. The van der Waals surface area contributed by atoms with Crippen molar-refractivity contribution in [3.8, 4) is 22.3 Å². The molecule has 3 aliphatic rings. The number of benzene rings is 7. The van der Waals surface area contributed by atoms with E-state index in [1.165, 1.54) is 27.8 Å². The fraction of sp³-hybridized carbons (Fsp3) is 0.0233. The molecule has 0 saturated heterocycles. The van der Waals surface area contributed by atoms with Crippen LogP contribution in [-0.2, 0) is 5.41 Å². The van der Waals surface area contributed by atoms with Gasteiger partial charge in [0, 0.05) is 11.4 Å². The Hall–Kier alpha value is -5.93. The van der Waals surface area contributed by atoms with Gasteiger partial charge in [0.1, 0.15) is 5.82 Å². The second kappa shape index (κ2) is 9.29. The first-order valence-corrected chi connectivity index (χ1v) is 15.7. The van der Waals surface area contributed by atoms with Gasteiger partial charge in [-0.25, -0.2) is 4.39 Å². The summed E-state index contributed by atoms with van der Waals surface area (Å²) in [5.41, 5.74) is 15.2. The van der Waals surface area contributed by atoms with E-state index < -0.39 is 5.41 Å². The topological polar surface area (TPSA) is 6.48 Å². The predicted octanol–water partition coefficient (Wildman–Crippen LogP) is 11.4. The van der Waals surface area contributed by atoms with Crippen LogP contribution >= 0.6 is 0 Å². The van der Waals surface area contributed by atoms with Gasteiger partial charge in [-0.3, -0.25) is 0 Å². The number of anilines is 6. The summed E-state index contributed by atoms with van der Waals surface area (Å²) in [6.45, 7) is 0. The Kier molecular flexibility index (Phi) is 5.13. The molecule has 216 valence electrons. The second-order valence-corrected chi connectivity index (χ2v) is 12.2. The van der Waals surface area contributed by atoms with Crippen molar-refractivity contribution >= 4 is 34.1 Å². The normalized spacial score (nSPS) is 14.3. The van der Waals surface area contributed by atoms with Gasteiger partial charge in [0.25, 0.3) is 0 Å². The van der Waals surface area contributed by atoms with Crippen molar-refractivity contribution in [2.45, 2.75) is 5.41 Å². The van der Waals surface area contributed by atoms with Crippen molar-refractivity contribution < 1.29 is 4.39 Å². The van der Waals surface area contributed by atoms with Crippen LogP contribution in [0.5, 0.6) is 0 Å². The van der Waals surface area contributed by atoms with E-state index in [0.29, 0.717) is 0 Å². The van der Waals surface area contributed by atoms with Gasteiger partial charge < -0.3 is 9.80 Å². The third kappa shape index (κ3) is 3.19. The highest BCUT2D eigenvalue weighted by atomic mass is 19.1. The Morgan fingerprint density at radius 2 is 0.783 bits per heavy atom. The van der Waals surface area contributed by atoms with Gasteiger partial charge in [-0.05, 0) is 105 Å². The molecule has 46 heavy (non-hydrogen) atoms. The Balaban J connectivity index is 1.26. The average molecular weight is 591 g/mol. The molecular formula is C43H27FN2. The van der Waals surface area contributed by atoms with E-state index in [9.17, 15) is 0 Å². The van der Waals surface area contributed by atoms with E-state index in [0.717, 1.165) is 50.8 Å². The van der Waals surface area contributed by atoms with Crippen LogP contribution in [0.15, 0.2) is 164 Å². The molecule has 0 fully saturated rings. The van der Waals surface area contributed by atoms with E-state index in [1.807, 2.05) is 6.07 Å². The highest BCUT2D eigenvalue weighted by Crippen LogP contribution is 2.64. The van der Waals surface area contributed by atoms with Gasteiger partial charge in [-0.2, -0.15) is 0 Å². The maximum absolute atomic E-state index is 15.2. The third-order valence-electron chi connectivity index (χ3n) is 10.0. The van der Waals surface area contributed by atoms with Crippen LogP contribution in [0.25, 0.3) is 22.3 Å². The van der Waals surface area contributed by atoms with Crippen LogP contribution < -0.4 is 9.80 Å². The predicted molar refractivity (Wildman–Crippen MR) is 186 cm³/mol. The van der Waals surface area contributed by atoms with E-state index >= 15 is 4.39 Å². The molecule has 0 bridgehead atoms. The van der Waals surface area contributed by atoms with Crippen LogP contribution in [0, 0.1) is 5.82 Å². The molecule has 0 radical (unpaired) electrons. The molecule has 0 saturated carbocycles. The van der Waals surface area contributed by atoms with Crippen LogP contribution in [0.1, 0.15) is 22.3 Å². The average Bonchev–Trinajstić information content (AvgIpc) is 3.57. The summed E-state index contributed by atoms with van der Waals surface area (Å²) in [4.78, 5) is 4.73. The zero-order chi connectivity index (χ0) is 30.4. The quantitative estimate of drug-likeness (QED) is 0.198. The highest BCUT2D eigenvalue weighted by molar-refractivity contribution is 6.02. The molecule has 0 N–H and O–H groups in total. The molecule has 0 atom stereocenters. The summed E-state index contributed by atoms with van der Waals surface area (Å²) in [7, 11) is 0. The molecule has 2 aliphatic carbocycles. The summed E-state index contributed by atoms with van der Waals surface area (Å²) in [6, 6.07) is 57.3. The molecule has 1 aliphatic heterocycles. The number of rotatable bonds is 2. The molecule has 3 heteroatoms. The van der Waals surface area contributed by atoms with Crippen LogP contribution in [0.4, 0.5) is 38.5 Å². The van der Waals surface area contributed by atoms with Gasteiger partial charge >= 0.3 is 0 Å². The number of halogens is 1. The minimum absolute atomic E-state index is 0.215. The van der Waals surface area contributed by atoms with Crippen LogP contribution in [-0.4, -0.2) is 0 Å². The molecule has 10 rings (SSSR count). The van der Waals surface area contributed by atoms with E-state index in [-0.39, 0.29) is 5.82 Å². The van der Waals surface area contributed by atoms with Crippen LogP contribution in [0.2, 0.25) is 0 Å². The molecule has 7 aromatic carbocycles. The largest absolute Gasteiger partial charge is 0.306 e. The Bertz CT molecular complexity index is 2270. The summed E-state index contributed by atoms with van der Waals surface area (Å²) >= 11 is 0. The fourth-order valence-electron chi connectivity index (χ4n) is 8.32. The molecule has 0 aromatic heterocycles. The van der Waals surface area contributed by atoms with Crippen molar-refractivity contribution in [2.75, 3.05) is 9.80 Å². The lowest BCUT2D eigenvalue weighted by molar-refractivity contribution is 0.622. The Morgan fingerprint density at radius 3 is 1.37 bits per heavy atom. The fourth-order valence-corrected chi connectivity index (χ4v) is 8.32. The molecule has 1 heterocycles. The third-order valence-corrected chi connectivity index (χ3v) is 10.0. The number of hydrogen-bond acceptors (Lipinski definition) is 2. The second-order valence-electron chi connectivity index (χ2n) is 12.2. The van der Waals surface area contributed by atoms with Gasteiger partial charge in [-0.15, -0.1) is 0 Å². The highest BCUT2D eigenvalue weighted by Gasteiger charge is 2.52. The first-order valence-electron chi connectivity index (χ1n) is 15.7. The number of fused-ring (bicyclic) bond motifs is 12. The number of hydrogen-bond donors (Lipinski definition) is 0. The summed E-state index contributed by atoms with van der Waals surface area (Å²) in [6.07, 6.45) is 0. The summed E-state index contributed by atoms with van der Waals surface area (Å²) in [5.74, 6) is -0.215. The zero-order valence-corrected chi connectivity index (χ0v) is 24.9. The Labute approximate surface area is 267 Å². The van der Waals surface area contributed by atoms with Crippen molar-refractivity contribution in [2.24, 2.45) is 0 Å². The van der Waals surface area contributed by atoms with E-state index in [1.54, 1.807) is 12.1 Å². The lowest BCUT2D eigenvalue weighted by Crippen LogP contribution is -2.27. The van der Waals surface area contributed by atoms with Gasteiger partial charge in [0.15, 0.2) is 0 Å². The molecule has 2 nitrogen and oxygen atoms in total. The smallest absolute Gasteiger partial charge is 0.123 e. The molecule has 0 unspecified atom stereocenters. The van der Waals surface area contributed by atoms with E-state index in [2.05, 4.69) is 155 Å². The first-order chi connectivity index (χ1) is 22.7. The maximum atomic E-state index is 15.2. The van der Waals surface area contributed by atoms with Crippen molar-refractivity contribution in [1.29, 1.82) is 0 Å². The standard InChI is InChI=1S/C43H27FN2/c44-28-22-24-33-34-25-23-30(27-38(34)43(37(33)26-28)35-16-6-4-14-31(35)32-15-5-7-17-36(32)43)46-41-20-10-8-18-39(41)45(29-12-2-1-3-13-29)40-19-9-11-21-42(40)46/h1-27H. The van der Waals surface area contributed by atoms with Gasteiger partial charge in [0.2, 0.25) is 0 Å². The molecule has 0 amide bonds. The van der Waals surface area contributed by atoms with Crippen LogP contribution in [0.3, 0.4) is 0 Å². The van der Waals surface area contributed by atoms with Crippen molar-refractivity contribution in [3.63, 3.8) is 0 Å². The molecule has 1 spiro atoms. The van der Waals surface area contributed by atoms with Crippen molar-refractivity contribution in [3.05, 3.63) is 192 Å². The minimum Gasteiger partial charge on any atom is -0.306 e. The SMILES string of the molecule is Fc1ccc2c(c1)C1(c3ccccc3-c3ccccc31)c1cc(N3c4ccccc4N(c4ccccc4)c4ccccc43)ccc1-2. The van der Waals surface area contributed by atoms with Gasteiger partial charge in [-0.1, -0.05) is 103 Å². The zero-order valence-electron chi connectivity index (χ0n) is 24.9. The summed E-state index contributed by atoms with van der Waals surface area (Å²) < 4.78 is 15.2. The molecule has 7 aromatic rings. The van der Waals surface area contributed by atoms with Crippen molar-refractivity contribution in [1.82, 2.24) is 0 Å². The number of nitrogens with zero attached hydrogens (tertiary/aromatic N) is 2. The lowest BCUT2D eigenvalue weighted by Gasteiger charge is -2.40. The maximum Gasteiger partial charge on any atom is 0.123 e. The summed E-state index contributed by atoms with van der Waals surface area (Å²) in [5, 5.41) is 0. The lowest BCUT2D eigenvalue weighted by atomic mass is 9.70. The minimum atomic E-state index is -0.624.